The first-order valence-corrected chi connectivity index (χ1v) is 9.79. The first-order chi connectivity index (χ1) is 11.9. The van der Waals surface area contributed by atoms with Crippen LogP contribution in [0.4, 0.5) is 0 Å². The van der Waals surface area contributed by atoms with Gasteiger partial charge in [0.2, 0.25) is 0 Å². The Bertz CT molecular complexity index is 643. The molecular formula is C21H27ClO3. The number of carbonyl (C=O) groups excluding carboxylic acids is 2. The monoisotopic (exact) mass is 362 g/mol. The molecule has 0 aromatic heterocycles. The zero-order valence-corrected chi connectivity index (χ0v) is 15.9. The van der Waals surface area contributed by atoms with E-state index in [4.69, 9.17) is 16.3 Å². The van der Waals surface area contributed by atoms with E-state index in [-0.39, 0.29) is 18.2 Å². The lowest BCUT2D eigenvalue weighted by atomic mass is 9.76. The summed E-state index contributed by atoms with van der Waals surface area (Å²) >= 11 is 6.41. The Morgan fingerprint density at radius 3 is 2.56 bits per heavy atom. The zero-order valence-electron chi connectivity index (χ0n) is 15.1. The lowest BCUT2D eigenvalue weighted by molar-refractivity contribution is -0.178. The lowest BCUT2D eigenvalue weighted by Gasteiger charge is -2.41. The van der Waals surface area contributed by atoms with Gasteiger partial charge in [-0.25, -0.2) is 0 Å². The summed E-state index contributed by atoms with van der Waals surface area (Å²) in [6, 6.07) is 6.21. The molecule has 2 fully saturated rings. The molecule has 0 radical (unpaired) electrons. The fourth-order valence-electron chi connectivity index (χ4n) is 4.43. The smallest absolute Gasteiger partial charge is 0.313 e. The van der Waals surface area contributed by atoms with Crippen LogP contribution in [0.15, 0.2) is 18.2 Å². The van der Waals surface area contributed by atoms with Crippen molar-refractivity contribution in [2.75, 3.05) is 0 Å². The van der Waals surface area contributed by atoms with Crippen molar-refractivity contribution in [1.82, 2.24) is 0 Å². The minimum Gasteiger partial charge on any atom is -0.458 e. The maximum Gasteiger partial charge on any atom is 0.313 e. The minimum atomic E-state index is -0.605. The number of cyclic esters (lactones) is 1. The molecule has 1 heterocycles. The van der Waals surface area contributed by atoms with Crippen molar-refractivity contribution in [3.63, 3.8) is 0 Å². The third-order valence-electron chi connectivity index (χ3n) is 5.78. The van der Waals surface area contributed by atoms with Crippen molar-refractivity contribution in [2.24, 2.45) is 5.92 Å². The molecule has 1 aliphatic heterocycles. The third kappa shape index (κ3) is 4.08. The third-order valence-corrected chi connectivity index (χ3v) is 6.11. The van der Waals surface area contributed by atoms with Gasteiger partial charge in [-0.2, -0.15) is 0 Å². The van der Waals surface area contributed by atoms with Crippen LogP contribution >= 0.6 is 11.6 Å². The lowest BCUT2D eigenvalue weighted by Crippen LogP contribution is -2.48. The van der Waals surface area contributed by atoms with Crippen LogP contribution in [0.2, 0.25) is 5.02 Å². The van der Waals surface area contributed by atoms with E-state index < -0.39 is 5.60 Å². The maximum absolute atomic E-state index is 12.1. The Balaban J connectivity index is 1.78. The number of halogens is 1. The molecule has 1 aromatic carbocycles. The second-order valence-corrected chi connectivity index (χ2v) is 8.33. The number of carbonyl (C=O) groups is 2. The standard InChI is InChI=1S/C21H27ClO3/c1-14(2)18-8-7-15(11-19(18)22)9-10-21(16-5-3-4-6-16)13-17(23)12-20(24)25-21/h7-8,11,14,16H,3-6,9-10,12-13H2,1-2H3. The van der Waals surface area contributed by atoms with Gasteiger partial charge in [0, 0.05) is 11.4 Å². The van der Waals surface area contributed by atoms with Gasteiger partial charge in [0.15, 0.2) is 0 Å². The highest BCUT2D eigenvalue weighted by molar-refractivity contribution is 6.31. The molecule has 0 N–H and O–H groups in total. The first-order valence-electron chi connectivity index (χ1n) is 9.41. The molecule has 136 valence electrons. The number of benzene rings is 1. The Kier molecular flexibility index (Phi) is 5.52. The van der Waals surface area contributed by atoms with Gasteiger partial charge in [0.25, 0.3) is 0 Å². The van der Waals surface area contributed by atoms with Crippen LogP contribution in [0.1, 0.15) is 75.8 Å². The first kappa shape index (κ1) is 18.4. The second kappa shape index (κ2) is 7.49. The van der Waals surface area contributed by atoms with Gasteiger partial charge in [0.1, 0.15) is 17.8 Å². The zero-order chi connectivity index (χ0) is 18.0. The van der Waals surface area contributed by atoms with Gasteiger partial charge in [-0.3, -0.25) is 9.59 Å². The molecule has 0 amide bonds. The van der Waals surface area contributed by atoms with Gasteiger partial charge in [-0.1, -0.05) is 50.4 Å². The van der Waals surface area contributed by atoms with Crippen LogP contribution in [0, 0.1) is 5.92 Å². The molecule has 4 heteroatoms. The van der Waals surface area contributed by atoms with Gasteiger partial charge < -0.3 is 4.74 Å². The predicted molar refractivity (Wildman–Crippen MR) is 98.9 cm³/mol. The number of aryl methyl sites for hydroxylation is 1. The SMILES string of the molecule is CC(C)c1ccc(CCC2(C3CCCC3)CC(=O)CC(=O)O2)cc1Cl. The van der Waals surface area contributed by atoms with Gasteiger partial charge in [-0.15, -0.1) is 0 Å². The van der Waals surface area contributed by atoms with Crippen molar-refractivity contribution in [3.8, 4) is 0 Å². The highest BCUT2D eigenvalue weighted by Crippen LogP contribution is 2.44. The molecule has 3 nitrogen and oxygen atoms in total. The van der Waals surface area contributed by atoms with Crippen LogP contribution in [-0.4, -0.2) is 17.4 Å². The Morgan fingerprint density at radius 1 is 1.24 bits per heavy atom. The van der Waals surface area contributed by atoms with E-state index in [1.165, 1.54) is 0 Å². The average molecular weight is 363 g/mol. The average Bonchev–Trinajstić information content (AvgIpc) is 3.07. The van der Waals surface area contributed by atoms with E-state index in [1.807, 2.05) is 6.07 Å². The van der Waals surface area contributed by atoms with Crippen LogP contribution in [-0.2, 0) is 20.7 Å². The van der Waals surface area contributed by atoms with E-state index in [1.54, 1.807) is 0 Å². The Labute approximate surface area is 155 Å². The number of hydrogen-bond acceptors (Lipinski definition) is 3. The van der Waals surface area contributed by atoms with Gasteiger partial charge in [0.05, 0.1) is 0 Å². The van der Waals surface area contributed by atoms with E-state index in [0.29, 0.717) is 24.7 Å². The molecule has 0 bridgehead atoms. The van der Waals surface area contributed by atoms with E-state index in [2.05, 4.69) is 26.0 Å². The molecule has 25 heavy (non-hydrogen) atoms. The number of ether oxygens (including phenoxy) is 1. The number of ketones is 1. The van der Waals surface area contributed by atoms with Crippen molar-refractivity contribution in [1.29, 1.82) is 0 Å². The normalized spacial score (nSPS) is 24.8. The molecule has 1 aliphatic carbocycles. The summed E-state index contributed by atoms with van der Waals surface area (Å²) in [6.07, 6.45) is 6.20. The molecule has 3 rings (SSSR count). The van der Waals surface area contributed by atoms with Crippen molar-refractivity contribution >= 4 is 23.4 Å². The van der Waals surface area contributed by atoms with Crippen molar-refractivity contribution in [2.45, 2.75) is 76.7 Å². The number of esters is 1. The summed E-state index contributed by atoms with van der Waals surface area (Å²) in [5.74, 6) is 0.377. The van der Waals surface area contributed by atoms with E-state index >= 15 is 0 Å². The van der Waals surface area contributed by atoms with Crippen molar-refractivity contribution < 1.29 is 14.3 Å². The van der Waals surface area contributed by atoms with Crippen LogP contribution in [0.3, 0.4) is 0 Å². The molecule has 1 atom stereocenters. The fourth-order valence-corrected chi connectivity index (χ4v) is 4.85. The molecule has 1 saturated carbocycles. The molecule has 2 aliphatic rings. The van der Waals surface area contributed by atoms with Crippen LogP contribution < -0.4 is 0 Å². The van der Waals surface area contributed by atoms with Crippen LogP contribution in [0.5, 0.6) is 0 Å². The number of Topliss-reactive ketones (excluding diaryl/α,β-unsaturated/α-hetero) is 1. The summed E-state index contributed by atoms with van der Waals surface area (Å²) in [7, 11) is 0. The van der Waals surface area contributed by atoms with Crippen molar-refractivity contribution in [3.05, 3.63) is 34.3 Å². The largest absolute Gasteiger partial charge is 0.458 e. The molecule has 1 unspecified atom stereocenters. The Hall–Kier alpha value is -1.35. The molecule has 0 spiro atoms. The quantitative estimate of drug-likeness (QED) is 0.532. The predicted octanol–water partition coefficient (Wildman–Crippen LogP) is 5.23. The summed E-state index contributed by atoms with van der Waals surface area (Å²) < 4.78 is 5.85. The maximum atomic E-state index is 12.1. The highest BCUT2D eigenvalue weighted by atomic mass is 35.5. The number of hydrogen-bond donors (Lipinski definition) is 0. The van der Waals surface area contributed by atoms with E-state index in [0.717, 1.165) is 48.3 Å². The highest BCUT2D eigenvalue weighted by Gasteiger charge is 2.47. The van der Waals surface area contributed by atoms with E-state index in [9.17, 15) is 9.59 Å². The Morgan fingerprint density at radius 2 is 1.96 bits per heavy atom. The topological polar surface area (TPSA) is 43.4 Å². The fraction of sp³-hybridized carbons (Fsp3) is 0.619. The molecule has 1 aromatic rings. The second-order valence-electron chi connectivity index (χ2n) is 7.92. The molecule has 1 saturated heterocycles. The minimum absolute atomic E-state index is 0.0244. The van der Waals surface area contributed by atoms with Gasteiger partial charge >= 0.3 is 5.97 Å². The summed E-state index contributed by atoms with van der Waals surface area (Å²) in [4.78, 5) is 24.1. The van der Waals surface area contributed by atoms with Crippen LogP contribution in [0.25, 0.3) is 0 Å². The number of rotatable bonds is 5. The molecular weight excluding hydrogens is 336 g/mol. The summed E-state index contributed by atoms with van der Waals surface area (Å²) in [5, 5.41) is 0.791. The summed E-state index contributed by atoms with van der Waals surface area (Å²) in [6.45, 7) is 4.26. The van der Waals surface area contributed by atoms with Gasteiger partial charge in [-0.05, 0) is 54.7 Å². The summed E-state index contributed by atoms with van der Waals surface area (Å²) in [5.41, 5.74) is 1.68.